The first kappa shape index (κ1) is 21.1. The largest absolute Gasteiger partial charge is 0.493 e. The molecule has 0 radical (unpaired) electrons. The third-order valence-corrected chi connectivity index (χ3v) is 5.34. The van der Waals surface area contributed by atoms with E-state index in [4.69, 9.17) is 9.47 Å². The van der Waals surface area contributed by atoms with Crippen molar-refractivity contribution in [2.24, 2.45) is 0 Å². The van der Waals surface area contributed by atoms with Crippen molar-refractivity contribution in [2.45, 2.75) is 19.5 Å². The summed E-state index contributed by atoms with van der Waals surface area (Å²) in [6, 6.07) is 11.9. The molecule has 1 aliphatic rings. The molecule has 1 unspecified atom stereocenters. The molecule has 1 heterocycles. The van der Waals surface area contributed by atoms with Crippen LogP contribution in [0.2, 0.25) is 0 Å². The molecule has 6 nitrogen and oxygen atoms in total. The molecular formula is C22H28FN3O3. The van der Waals surface area contributed by atoms with Gasteiger partial charge >= 0.3 is 0 Å². The van der Waals surface area contributed by atoms with Crippen LogP contribution in [-0.2, 0) is 11.3 Å². The van der Waals surface area contributed by atoms with Gasteiger partial charge in [0.2, 0.25) is 5.91 Å². The van der Waals surface area contributed by atoms with Crippen LogP contribution in [0, 0.1) is 5.82 Å². The third-order valence-electron chi connectivity index (χ3n) is 5.34. The van der Waals surface area contributed by atoms with E-state index in [1.165, 1.54) is 6.07 Å². The number of hydrogen-bond acceptors (Lipinski definition) is 5. The first-order chi connectivity index (χ1) is 14.0. The van der Waals surface area contributed by atoms with Crippen LogP contribution in [0.4, 0.5) is 10.1 Å². The Morgan fingerprint density at radius 1 is 1.07 bits per heavy atom. The van der Waals surface area contributed by atoms with E-state index in [0.29, 0.717) is 29.3 Å². The van der Waals surface area contributed by atoms with Crippen molar-refractivity contribution in [2.75, 3.05) is 45.7 Å². The number of amides is 1. The Bertz CT molecular complexity index is 838. The monoisotopic (exact) mass is 401 g/mol. The average molecular weight is 401 g/mol. The predicted molar refractivity (Wildman–Crippen MR) is 111 cm³/mol. The standard InChI is InChI=1S/C22H28FN3O3/c1-16(22(27)24-18-8-9-20(28-2)21(14-18)29-3)26-12-10-25(11-13-26)15-17-6-4-5-7-19(17)23/h4-9,14,16H,10-13,15H2,1-3H3,(H,24,27). The Kier molecular flexibility index (Phi) is 7.06. The topological polar surface area (TPSA) is 54.0 Å². The minimum atomic E-state index is -0.265. The van der Waals surface area contributed by atoms with Crippen LogP contribution in [0.5, 0.6) is 11.5 Å². The number of carbonyl (C=O) groups is 1. The Morgan fingerprint density at radius 2 is 1.76 bits per heavy atom. The number of anilines is 1. The van der Waals surface area contributed by atoms with Gasteiger partial charge in [-0.25, -0.2) is 4.39 Å². The van der Waals surface area contributed by atoms with E-state index in [-0.39, 0.29) is 17.8 Å². The van der Waals surface area contributed by atoms with Crippen molar-refractivity contribution in [3.05, 3.63) is 53.8 Å². The second kappa shape index (κ2) is 9.71. The fraction of sp³-hybridized carbons (Fsp3) is 0.409. The lowest BCUT2D eigenvalue weighted by molar-refractivity contribution is -0.121. The van der Waals surface area contributed by atoms with E-state index in [1.807, 2.05) is 19.1 Å². The number of methoxy groups -OCH3 is 2. The van der Waals surface area contributed by atoms with Crippen LogP contribution in [0.25, 0.3) is 0 Å². The van der Waals surface area contributed by atoms with Crippen LogP contribution in [0.1, 0.15) is 12.5 Å². The van der Waals surface area contributed by atoms with E-state index in [9.17, 15) is 9.18 Å². The molecule has 3 rings (SSSR count). The molecule has 2 aromatic carbocycles. The number of piperazine rings is 1. The van der Waals surface area contributed by atoms with Crippen molar-refractivity contribution < 1.29 is 18.7 Å². The number of rotatable bonds is 7. The molecule has 156 valence electrons. The quantitative estimate of drug-likeness (QED) is 0.773. The maximum atomic E-state index is 13.9. The zero-order valence-electron chi connectivity index (χ0n) is 17.2. The van der Waals surface area contributed by atoms with Gasteiger partial charge < -0.3 is 14.8 Å². The van der Waals surface area contributed by atoms with Crippen molar-refractivity contribution in [1.82, 2.24) is 9.80 Å². The highest BCUT2D eigenvalue weighted by atomic mass is 19.1. The van der Waals surface area contributed by atoms with Crippen molar-refractivity contribution in [1.29, 1.82) is 0 Å². The van der Waals surface area contributed by atoms with Gasteiger partial charge in [0, 0.05) is 50.0 Å². The summed E-state index contributed by atoms with van der Waals surface area (Å²) in [5.41, 5.74) is 1.37. The smallest absolute Gasteiger partial charge is 0.241 e. The minimum Gasteiger partial charge on any atom is -0.493 e. The van der Waals surface area contributed by atoms with Gasteiger partial charge in [-0.3, -0.25) is 14.6 Å². The highest BCUT2D eigenvalue weighted by molar-refractivity contribution is 5.94. The predicted octanol–water partition coefficient (Wildman–Crippen LogP) is 2.99. The first-order valence-corrected chi connectivity index (χ1v) is 9.74. The molecular weight excluding hydrogens is 373 g/mol. The van der Waals surface area contributed by atoms with Gasteiger partial charge in [-0.15, -0.1) is 0 Å². The average Bonchev–Trinajstić information content (AvgIpc) is 2.75. The van der Waals surface area contributed by atoms with Gasteiger partial charge in [0.1, 0.15) is 5.82 Å². The fourth-order valence-corrected chi connectivity index (χ4v) is 3.50. The molecule has 0 spiro atoms. The summed E-state index contributed by atoms with van der Waals surface area (Å²) in [6.07, 6.45) is 0. The van der Waals surface area contributed by atoms with Gasteiger partial charge in [0.05, 0.1) is 20.3 Å². The number of ether oxygens (including phenoxy) is 2. The molecule has 1 amide bonds. The number of nitrogens with one attached hydrogen (secondary N) is 1. The summed E-state index contributed by atoms with van der Waals surface area (Å²) in [5.74, 6) is 0.946. The van der Waals surface area contributed by atoms with E-state index < -0.39 is 0 Å². The molecule has 0 aliphatic carbocycles. The summed E-state index contributed by atoms with van der Waals surface area (Å²) < 4.78 is 24.4. The molecule has 7 heteroatoms. The number of nitrogens with zero attached hydrogens (tertiary/aromatic N) is 2. The minimum absolute atomic E-state index is 0.0697. The van der Waals surface area contributed by atoms with Gasteiger partial charge in [-0.2, -0.15) is 0 Å². The first-order valence-electron chi connectivity index (χ1n) is 9.74. The lowest BCUT2D eigenvalue weighted by atomic mass is 10.1. The summed E-state index contributed by atoms with van der Waals surface area (Å²) >= 11 is 0. The number of hydrogen-bond donors (Lipinski definition) is 1. The highest BCUT2D eigenvalue weighted by Crippen LogP contribution is 2.29. The van der Waals surface area contributed by atoms with E-state index >= 15 is 0 Å². The van der Waals surface area contributed by atoms with Crippen molar-refractivity contribution in [3.63, 3.8) is 0 Å². The Labute approximate surface area is 171 Å². The highest BCUT2D eigenvalue weighted by Gasteiger charge is 2.26. The second-order valence-electron chi connectivity index (χ2n) is 7.14. The van der Waals surface area contributed by atoms with E-state index in [2.05, 4.69) is 15.1 Å². The second-order valence-corrected chi connectivity index (χ2v) is 7.14. The summed E-state index contributed by atoms with van der Waals surface area (Å²) in [4.78, 5) is 17.1. The molecule has 29 heavy (non-hydrogen) atoms. The summed E-state index contributed by atoms with van der Waals surface area (Å²) in [6.45, 7) is 5.60. The molecule has 1 aliphatic heterocycles. The molecule has 1 N–H and O–H groups in total. The molecule has 1 atom stereocenters. The van der Waals surface area contributed by atoms with E-state index in [0.717, 1.165) is 26.2 Å². The molecule has 0 aromatic heterocycles. The maximum Gasteiger partial charge on any atom is 0.241 e. The van der Waals surface area contributed by atoms with Crippen LogP contribution in [0.15, 0.2) is 42.5 Å². The van der Waals surface area contributed by atoms with Gasteiger partial charge in [-0.1, -0.05) is 18.2 Å². The van der Waals surface area contributed by atoms with Gasteiger partial charge in [-0.05, 0) is 25.1 Å². The number of carbonyl (C=O) groups excluding carboxylic acids is 1. The lowest BCUT2D eigenvalue weighted by Gasteiger charge is -2.37. The Hall–Kier alpha value is -2.64. The SMILES string of the molecule is COc1ccc(NC(=O)C(C)N2CCN(Cc3ccccc3F)CC2)cc1OC. The lowest BCUT2D eigenvalue weighted by Crippen LogP contribution is -2.52. The summed E-state index contributed by atoms with van der Waals surface area (Å²) in [5, 5.41) is 2.94. The van der Waals surface area contributed by atoms with Crippen LogP contribution in [-0.4, -0.2) is 62.1 Å². The zero-order valence-corrected chi connectivity index (χ0v) is 17.2. The Balaban J connectivity index is 1.53. The van der Waals surface area contributed by atoms with E-state index in [1.54, 1.807) is 38.5 Å². The molecule has 2 aromatic rings. The maximum absolute atomic E-state index is 13.9. The Morgan fingerprint density at radius 3 is 2.41 bits per heavy atom. The number of benzene rings is 2. The normalized spacial score (nSPS) is 16.3. The molecule has 0 saturated carbocycles. The molecule has 1 fully saturated rings. The van der Waals surface area contributed by atoms with Crippen molar-refractivity contribution >= 4 is 11.6 Å². The summed E-state index contributed by atoms with van der Waals surface area (Å²) in [7, 11) is 3.14. The van der Waals surface area contributed by atoms with Crippen molar-refractivity contribution in [3.8, 4) is 11.5 Å². The third kappa shape index (κ3) is 5.25. The van der Waals surface area contributed by atoms with Crippen LogP contribution >= 0.6 is 0 Å². The van der Waals surface area contributed by atoms with Gasteiger partial charge in [0.25, 0.3) is 0 Å². The number of halogens is 1. The van der Waals surface area contributed by atoms with Crippen LogP contribution in [0.3, 0.4) is 0 Å². The molecule has 0 bridgehead atoms. The molecule has 1 saturated heterocycles. The fourth-order valence-electron chi connectivity index (χ4n) is 3.50. The van der Waals surface area contributed by atoms with Gasteiger partial charge in [0.15, 0.2) is 11.5 Å². The van der Waals surface area contributed by atoms with Crippen LogP contribution < -0.4 is 14.8 Å². The zero-order chi connectivity index (χ0) is 20.8.